The molecule has 19 heavy (non-hydrogen) atoms. The van der Waals surface area contributed by atoms with Gasteiger partial charge >= 0.3 is 0 Å². The number of carbonyl (C=O) groups excluding carboxylic acids is 2. The lowest BCUT2D eigenvalue weighted by atomic mass is 9.89. The number of likely N-dealkylation sites (N-methyl/N-ethyl adjacent to an activating group) is 2. The molecule has 1 amide bonds. The Morgan fingerprint density at radius 1 is 1.53 bits per heavy atom. The van der Waals surface area contributed by atoms with Crippen LogP contribution in [0.1, 0.15) is 40.5 Å². The zero-order valence-corrected chi connectivity index (χ0v) is 12.9. The third-order valence-corrected chi connectivity index (χ3v) is 3.32. The molecule has 0 bridgehead atoms. The van der Waals surface area contributed by atoms with E-state index in [9.17, 15) is 9.59 Å². The van der Waals surface area contributed by atoms with Gasteiger partial charge in [0.2, 0.25) is 5.91 Å². The molecule has 0 saturated carbocycles. The molecule has 112 valence electrons. The lowest BCUT2D eigenvalue weighted by Crippen LogP contribution is -2.41. The first-order chi connectivity index (χ1) is 8.73. The molecule has 5 heteroatoms. The van der Waals surface area contributed by atoms with Gasteiger partial charge in [0.25, 0.3) is 0 Å². The van der Waals surface area contributed by atoms with Gasteiger partial charge in [-0.2, -0.15) is 0 Å². The van der Waals surface area contributed by atoms with E-state index in [1.54, 1.807) is 0 Å². The highest BCUT2D eigenvalue weighted by molar-refractivity contribution is 5.81. The SMILES string of the molecule is CC(C)(C)C(N)C=O.CCNC(=O)C1CCCN1C. The molecule has 2 atom stereocenters. The molecule has 0 aromatic rings. The predicted molar refractivity (Wildman–Crippen MR) is 77.8 cm³/mol. The Balaban J connectivity index is 0.000000362. The van der Waals surface area contributed by atoms with Gasteiger partial charge in [-0.15, -0.1) is 0 Å². The van der Waals surface area contributed by atoms with Crippen molar-refractivity contribution in [2.75, 3.05) is 20.1 Å². The summed E-state index contributed by atoms with van der Waals surface area (Å²) >= 11 is 0. The van der Waals surface area contributed by atoms with Crippen LogP contribution < -0.4 is 11.1 Å². The van der Waals surface area contributed by atoms with Crippen molar-refractivity contribution in [1.29, 1.82) is 0 Å². The van der Waals surface area contributed by atoms with E-state index in [-0.39, 0.29) is 23.4 Å². The fourth-order valence-corrected chi connectivity index (χ4v) is 1.74. The standard InChI is InChI=1S/C8H16N2O.C6H13NO/c1-3-9-8(11)7-5-4-6-10(7)2;1-6(2,3)5(7)4-8/h7H,3-6H2,1-2H3,(H,9,11);4-5H,7H2,1-3H3. The number of nitrogens with two attached hydrogens (primary N) is 1. The second-order valence-corrected chi connectivity index (χ2v) is 6.06. The van der Waals surface area contributed by atoms with E-state index < -0.39 is 0 Å². The van der Waals surface area contributed by atoms with Gasteiger partial charge in [-0.3, -0.25) is 9.69 Å². The van der Waals surface area contributed by atoms with Crippen LogP contribution in [0.2, 0.25) is 0 Å². The van der Waals surface area contributed by atoms with Gasteiger partial charge in [0.05, 0.1) is 12.1 Å². The van der Waals surface area contributed by atoms with Gasteiger partial charge in [-0.1, -0.05) is 20.8 Å². The molecule has 5 nitrogen and oxygen atoms in total. The number of likely N-dealkylation sites (tertiary alicyclic amines) is 1. The minimum atomic E-state index is -0.331. The van der Waals surface area contributed by atoms with Gasteiger partial charge < -0.3 is 15.8 Å². The van der Waals surface area contributed by atoms with E-state index in [0.717, 1.165) is 32.2 Å². The summed E-state index contributed by atoms with van der Waals surface area (Å²) in [4.78, 5) is 23.4. The summed E-state index contributed by atoms with van der Waals surface area (Å²) in [5.74, 6) is 0.188. The number of amides is 1. The summed E-state index contributed by atoms with van der Waals surface area (Å²) in [6.07, 6.45) is 2.95. The minimum Gasteiger partial charge on any atom is -0.355 e. The van der Waals surface area contributed by atoms with Crippen molar-refractivity contribution in [2.24, 2.45) is 11.1 Å². The highest BCUT2D eigenvalue weighted by Gasteiger charge is 2.26. The lowest BCUT2D eigenvalue weighted by molar-refractivity contribution is -0.124. The third kappa shape index (κ3) is 6.68. The molecule has 1 rings (SSSR count). The molecular weight excluding hydrogens is 242 g/mol. The fourth-order valence-electron chi connectivity index (χ4n) is 1.74. The zero-order valence-electron chi connectivity index (χ0n) is 12.9. The largest absolute Gasteiger partial charge is 0.355 e. The van der Waals surface area contributed by atoms with Gasteiger partial charge in [-0.25, -0.2) is 0 Å². The summed E-state index contributed by atoms with van der Waals surface area (Å²) in [6.45, 7) is 9.56. The maximum Gasteiger partial charge on any atom is 0.237 e. The van der Waals surface area contributed by atoms with Crippen LogP contribution in [0, 0.1) is 5.41 Å². The first-order valence-corrected chi connectivity index (χ1v) is 6.92. The van der Waals surface area contributed by atoms with E-state index in [4.69, 9.17) is 5.73 Å². The van der Waals surface area contributed by atoms with Crippen LogP contribution >= 0.6 is 0 Å². The van der Waals surface area contributed by atoms with Crippen molar-refractivity contribution in [2.45, 2.75) is 52.6 Å². The van der Waals surface area contributed by atoms with E-state index in [1.165, 1.54) is 0 Å². The van der Waals surface area contributed by atoms with Crippen LogP contribution in [-0.4, -0.2) is 49.3 Å². The average Bonchev–Trinajstić information content (AvgIpc) is 2.74. The maximum absolute atomic E-state index is 11.3. The number of aldehydes is 1. The number of hydrogen-bond acceptors (Lipinski definition) is 4. The molecule has 1 aliphatic heterocycles. The lowest BCUT2D eigenvalue weighted by Gasteiger charge is -2.20. The first kappa shape index (κ1) is 18.1. The van der Waals surface area contributed by atoms with Crippen LogP contribution in [0.4, 0.5) is 0 Å². The van der Waals surface area contributed by atoms with Gasteiger partial charge in [-0.05, 0) is 38.8 Å². The van der Waals surface area contributed by atoms with Gasteiger partial charge in [0.1, 0.15) is 6.29 Å². The Morgan fingerprint density at radius 3 is 2.37 bits per heavy atom. The minimum absolute atomic E-state index is 0.0816. The summed E-state index contributed by atoms with van der Waals surface area (Å²) in [7, 11) is 2.01. The monoisotopic (exact) mass is 271 g/mol. The van der Waals surface area contributed by atoms with E-state index in [1.807, 2.05) is 34.7 Å². The van der Waals surface area contributed by atoms with Crippen molar-refractivity contribution in [1.82, 2.24) is 10.2 Å². The van der Waals surface area contributed by atoms with Gasteiger partial charge in [0, 0.05) is 6.54 Å². The Hall–Kier alpha value is -0.940. The summed E-state index contributed by atoms with van der Waals surface area (Å²) in [6, 6.07) is -0.197. The average molecular weight is 271 g/mol. The van der Waals surface area contributed by atoms with Crippen LogP contribution in [0.25, 0.3) is 0 Å². The topological polar surface area (TPSA) is 75.4 Å². The second kappa shape index (κ2) is 8.27. The van der Waals surface area contributed by atoms with Crippen molar-refractivity contribution in [3.63, 3.8) is 0 Å². The molecule has 2 unspecified atom stereocenters. The summed E-state index contributed by atoms with van der Waals surface area (Å²) in [5, 5.41) is 2.84. The normalized spacial score (nSPS) is 21.3. The Morgan fingerprint density at radius 2 is 2.11 bits per heavy atom. The molecule has 3 N–H and O–H groups in total. The van der Waals surface area contributed by atoms with Gasteiger partial charge in [0.15, 0.2) is 0 Å². The predicted octanol–water partition coefficient (Wildman–Crippen LogP) is 0.775. The Kier molecular flexibility index (Phi) is 7.87. The molecule has 0 aromatic carbocycles. The van der Waals surface area contributed by atoms with Crippen LogP contribution in [0.3, 0.4) is 0 Å². The van der Waals surface area contributed by atoms with Crippen LogP contribution in [0.15, 0.2) is 0 Å². The van der Waals surface area contributed by atoms with E-state index >= 15 is 0 Å². The van der Waals surface area contributed by atoms with Crippen molar-refractivity contribution < 1.29 is 9.59 Å². The van der Waals surface area contributed by atoms with E-state index in [0.29, 0.717) is 0 Å². The molecule has 0 radical (unpaired) electrons. The smallest absolute Gasteiger partial charge is 0.237 e. The Labute approximate surface area is 116 Å². The highest BCUT2D eigenvalue weighted by Crippen LogP contribution is 2.15. The molecule has 0 aliphatic carbocycles. The number of nitrogens with one attached hydrogen (secondary N) is 1. The number of carbonyl (C=O) groups is 2. The molecular formula is C14H29N3O2. The second-order valence-electron chi connectivity index (χ2n) is 6.06. The molecule has 1 heterocycles. The summed E-state index contributed by atoms with van der Waals surface area (Å²) in [5.41, 5.74) is 5.30. The highest BCUT2D eigenvalue weighted by atomic mass is 16.2. The number of rotatable bonds is 3. The van der Waals surface area contributed by atoms with Crippen LogP contribution in [-0.2, 0) is 9.59 Å². The number of hydrogen-bond donors (Lipinski definition) is 2. The van der Waals surface area contributed by atoms with Crippen LogP contribution in [0.5, 0.6) is 0 Å². The quantitative estimate of drug-likeness (QED) is 0.744. The molecule has 0 spiro atoms. The number of nitrogens with zero attached hydrogens (tertiary/aromatic N) is 1. The first-order valence-electron chi connectivity index (χ1n) is 6.92. The summed E-state index contributed by atoms with van der Waals surface area (Å²) < 4.78 is 0. The zero-order chi connectivity index (χ0) is 15.1. The molecule has 1 saturated heterocycles. The van der Waals surface area contributed by atoms with E-state index in [2.05, 4.69) is 10.2 Å². The van der Waals surface area contributed by atoms with Crippen molar-refractivity contribution >= 4 is 12.2 Å². The molecule has 0 aromatic heterocycles. The molecule has 1 fully saturated rings. The maximum atomic E-state index is 11.3. The Bertz CT molecular complexity index is 287. The fraction of sp³-hybridized carbons (Fsp3) is 0.857. The third-order valence-electron chi connectivity index (χ3n) is 3.32. The molecule has 1 aliphatic rings. The van der Waals surface area contributed by atoms with Crippen molar-refractivity contribution in [3.8, 4) is 0 Å². The van der Waals surface area contributed by atoms with Crippen molar-refractivity contribution in [3.05, 3.63) is 0 Å².